The lowest BCUT2D eigenvalue weighted by molar-refractivity contribution is -0.119. The Bertz CT molecular complexity index is 908. The Hall–Kier alpha value is -2.64. The number of benzene rings is 2. The molecule has 0 radical (unpaired) electrons. The number of carbonyl (C=O) groups is 2. The summed E-state index contributed by atoms with van der Waals surface area (Å²) in [4.78, 5) is 29.1. The summed E-state index contributed by atoms with van der Waals surface area (Å²) >= 11 is 1.45. The van der Waals surface area contributed by atoms with Crippen molar-refractivity contribution in [3.8, 4) is 11.3 Å². The highest BCUT2D eigenvalue weighted by molar-refractivity contribution is 7.59. The van der Waals surface area contributed by atoms with Crippen LogP contribution in [0.4, 0.5) is 5.69 Å². The van der Waals surface area contributed by atoms with Crippen LogP contribution in [0.3, 0.4) is 0 Å². The third-order valence-corrected chi connectivity index (χ3v) is 4.80. The smallest absolute Gasteiger partial charge is 0.251 e. The van der Waals surface area contributed by atoms with E-state index >= 15 is 0 Å². The summed E-state index contributed by atoms with van der Waals surface area (Å²) in [5.74, 6) is -0.377. The molecule has 0 saturated carbocycles. The minimum Gasteiger partial charge on any atom is -0.399 e. The number of hydrogen-bond donors (Lipinski definition) is 2. The van der Waals surface area contributed by atoms with E-state index in [2.05, 4.69) is 10.3 Å². The van der Waals surface area contributed by atoms with Gasteiger partial charge in [-0.1, -0.05) is 30.3 Å². The Balaban J connectivity index is 0.00000261. The molecule has 2 aromatic carbocycles. The number of hydrogen-bond acceptors (Lipinski definition) is 5. The highest BCUT2D eigenvalue weighted by Crippen LogP contribution is 2.22. The van der Waals surface area contributed by atoms with Gasteiger partial charge in [0.25, 0.3) is 5.91 Å². The van der Waals surface area contributed by atoms with Crippen LogP contribution in [0.1, 0.15) is 22.3 Å². The van der Waals surface area contributed by atoms with Gasteiger partial charge in [-0.3, -0.25) is 9.59 Å². The van der Waals surface area contributed by atoms with Crippen LogP contribution in [0.25, 0.3) is 11.3 Å². The quantitative estimate of drug-likeness (QED) is 0.622. The third-order valence-electron chi connectivity index (χ3n) is 3.95. The Labute approximate surface area is 169 Å². The molecule has 140 valence electrons. The number of thiazole rings is 1. The molecule has 0 saturated heterocycles. The number of Topliss-reactive ketones (excluding diaryl/α,β-unsaturated/α-hetero) is 1. The van der Waals surface area contributed by atoms with Gasteiger partial charge in [0.15, 0.2) is 5.78 Å². The molecule has 0 bridgehead atoms. The van der Waals surface area contributed by atoms with Crippen molar-refractivity contribution in [2.45, 2.75) is 19.4 Å². The summed E-state index contributed by atoms with van der Waals surface area (Å²) in [7, 11) is 0. The van der Waals surface area contributed by atoms with Crippen molar-refractivity contribution in [1.82, 2.24) is 10.3 Å². The Kier molecular flexibility index (Phi) is 7.15. The molecule has 3 aromatic rings. The van der Waals surface area contributed by atoms with Crippen molar-refractivity contribution in [3.63, 3.8) is 0 Å². The standard InChI is InChI=1S/C20H19N3O2S.H2S/c1-13(22-20(25)15-7-9-16(21)10-8-15)18(24)11-19-23-17(12-26-19)14-5-3-2-4-6-14;/h2-10,12-13H,11,21H2,1H3,(H,22,25);1H2/t13-;/m0./s1. The van der Waals surface area contributed by atoms with E-state index in [0.29, 0.717) is 11.3 Å². The number of nitrogen functional groups attached to an aromatic ring is 1. The molecule has 0 aliphatic carbocycles. The second-order valence-electron chi connectivity index (χ2n) is 5.95. The molecule has 3 N–H and O–H groups in total. The molecule has 5 nitrogen and oxygen atoms in total. The number of ketones is 1. The van der Waals surface area contributed by atoms with Crippen LogP contribution in [-0.4, -0.2) is 22.7 Å². The van der Waals surface area contributed by atoms with Gasteiger partial charge >= 0.3 is 0 Å². The molecule has 0 fully saturated rings. The number of carbonyl (C=O) groups excluding carboxylic acids is 2. The zero-order chi connectivity index (χ0) is 18.5. The maximum Gasteiger partial charge on any atom is 0.251 e. The molecular weight excluding hydrogens is 378 g/mol. The Morgan fingerprint density at radius 1 is 1.11 bits per heavy atom. The van der Waals surface area contributed by atoms with Gasteiger partial charge in [0.2, 0.25) is 0 Å². The molecule has 3 rings (SSSR count). The molecule has 0 unspecified atom stereocenters. The van der Waals surface area contributed by atoms with Gasteiger partial charge in [0.1, 0.15) is 5.01 Å². The zero-order valence-electron chi connectivity index (χ0n) is 14.8. The van der Waals surface area contributed by atoms with Gasteiger partial charge in [-0.15, -0.1) is 11.3 Å². The highest BCUT2D eigenvalue weighted by Gasteiger charge is 2.18. The molecular formula is C20H21N3O2S2. The number of rotatable bonds is 6. The molecule has 0 spiro atoms. The predicted molar refractivity (Wildman–Crippen MR) is 114 cm³/mol. The molecule has 1 aromatic heterocycles. The van der Waals surface area contributed by atoms with Gasteiger partial charge in [0, 0.05) is 22.2 Å². The molecule has 7 heteroatoms. The van der Waals surface area contributed by atoms with Crippen molar-refractivity contribution in [1.29, 1.82) is 0 Å². The summed E-state index contributed by atoms with van der Waals surface area (Å²) in [6.07, 6.45) is 0.195. The molecule has 1 amide bonds. The minimum absolute atomic E-state index is 0. The van der Waals surface area contributed by atoms with Gasteiger partial charge in [-0.2, -0.15) is 13.5 Å². The normalized spacial score (nSPS) is 11.3. The average molecular weight is 400 g/mol. The first-order valence-corrected chi connectivity index (χ1v) is 9.10. The second kappa shape index (κ2) is 9.34. The lowest BCUT2D eigenvalue weighted by Gasteiger charge is -2.12. The summed E-state index contributed by atoms with van der Waals surface area (Å²) in [6.45, 7) is 1.68. The Morgan fingerprint density at radius 3 is 2.44 bits per heavy atom. The zero-order valence-corrected chi connectivity index (χ0v) is 16.6. The van der Waals surface area contributed by atoms with E-state index in [0.717, 1.165) is 16.3 Å². The summed E-state index contributed by atoms with van der Waals surface area (Å²) in [5, 5.41) is 5.40. The largest absolute Gasteiger partial charge is 0.399 e. The van der Waals surface area contributed by atoms with E-state index in [1.807, 2.05) is 35.7 Å². The summed E-state index contributed by atoms with van der Waals surface area (Å²) in [6, 6.07) is 15.8. The van der Waals surface area contributed by atoms with Gasteiger partial charge in [-0.25, -0.2) is 4.98 Å². The van der Waals surface area contributed by atoms with E-state index in [9.17, 15) is 9.59 Å². The number of nitrogens with two attached hydrogens (primary N) is 1. The molecule has 27 heavy (non-hydrogen) atoms. The molecule has 1 atom stereocenters. The Morgan fingerprint density at radius 2 is 1.78 bits per heavy atom. The first-order chi connectivity index (χ1) is 12.5. The van der Waals surface area contributed by atoms with Gasteiger partial charge in [0.05, 0.1) is 18.2 Å². The van der Waals surface area contributed by atoms with E-state index in [1.165, 1.54) is 11.3 Å². The van der Waals surface area contributed by atoms with Gasteiger partial charge in [-0.05, 0) is 31.2 Å². The van der Waals surface area contributed by atoms with Crippen LogP contribution in [0.5, 0.6) is 0 Å². The van der Waals surface area contributed by atoms with Crippen molar-refractivity contribution in [2.24, 2.45) is 0 Å². The van der Waals surface area contributed by atoms with Crippen LogP contribution >= 0.6 is 24.8 Å². The fraction of sp³-hybridized carbons (Fsp3) is 0.150. The molecule has 0 aliphatic rings. The van der Waals surface area contributed by atoms with E-state index < -0.39 is 6.04 Å². The first-order valence-electron chi connectivity index (χ1n) is 8.22. The molecule has 0 aliphatic heterocycles. The van der Waals surface area contributed by atoms with Crippen LogP contribution in [0, 0.1) is 0 Å². The fourth-order valence-corrected chi connectivity index (χ4v) is 3.24. The van der Waals surface area contributed by atoms with E-state index in [-0.39, 0.29) is 31.6 Å². The molecule has 1 heterocycles. The predicted octanol–water partition coefficient (Wildman–Crippen LogP) is 3.44. The van der Waals surface area contributed by atoms with Crippen LogP contribution < -0.4 is 11.1 Å². The van der Waals surface area contributed by atoms with E-state index in [4.69, 9.17) is 5.73 Å². The van der Waals surface area contributed by atoms with Crippen LogP contribution in [-0.2, 0) is 11.2 Å². The number of nitrogens with one attached hydrogen (secondary N) is 1. The minimum atomic E-state index is -0.593. The maximum atomic E-state index is 12.4. The summed E-state index contributed by atoms with van der Waals surface area (Å²) in [5.41, 5.74) is 8.55. The lowest BCUT2D eigenvalue weighted by atomic mass is 10.1. The first kappa shape index (κ1) is 20.7. The number of anilines is 1. The van der Waals surface area contributed by atoms with Crippen molar-refractivity contribution in [3.05, 3.63) is 70.5 Å². The lowest BCUT2D eigenvalue weighted by Crippen LogP contribution is -2.39. The van der Waals surface area contributed by atoms with Gasteiger partial charge < -0.3 is 11.1 Å². The average Bonchev–Trinajstić information content (AvgIpc) is 3.11. The maximum absolute atomic E-state index is 12.4. The monoisotopic (exact) mass is 399 g/mol. The third kappa shape index (κ3) is 5.42. The van der Waals surface area contributed by atoms with Crippen LogP contribution in [0.15, 0.2) is 60.0 Å². The van der Waals surface area contributed by atoms with Crippen molar-refractivity contribution < 1.29 is 9.59 Å². The van der Waals surface area contributed by atoms with Crippen LogP contribution in [0.2, 0.25) is 0 Å². The fourth-order valence-electron chi connectivity index (χ4n) is 2.43. The van der Waals surface area contributed by atoms with Crippen molar-refractivity contribution in [2.75, 3.05) is 5.73 Å². The SMILES string of the molecule is C[C@H](NC(=O)c1ccc(N)cc1)C(=O)Cc1nc(-c2ccccc2)cs1.S. The van der Waals surface area contributed by atoms with Crippen molar-refractivity contribution >= 4 is 42.2 Å². The van der Waals surface area contributed by atoms with E-state index in [1.54, 1.807) is 31.2 Å². The number of nitrogens with zero attached hydrogens (tertiary/aromatic N) is 1. The second-order valence-corrected chi connectivity index (χ2v) is 6.90. The summed E-state index contributed by atoms with van der Waals surface area (Å²) < 4.78 is 0. The number of amides is 1. The number of aromatic nitrogens is 1. The highest BCUT2D eigenvalue weighted by atomic mass is 32.1. The topological polar surface area (TPSA) is 85.1 Å².